The van der Waals surface area contributed by atoms with Gasteiger partial charge in [-0.1, -0.05) is 206 Å². The lowest BCUT2D eigenvalue weighted by molar-refractivity contribution is -0.870. The number of aliphatic hydroxyl groups excluding tert-OH is 2. The van der Waals surface area contributed by atoms with Crippen molar-refractivity contribution in [3.8, 4) is 0 Å². The van der Waals surface area contributed by atoms with E-state index in [-0.39, 0.29) is 18.9 Å². The highest BCUT2D eigenvalue weighted by molar-refractivity contribution is 7.45. The highest BCUT2D eigenvalue weighted by atomic mass is 31.2. The van der Waals surface area contributed by atoms with Crippen LogP contribution < -0.4 is 10.2 Å². The SMILES string of the molecule is CCCCCCCCCCCCCCCCCCCCCC(=O)NC(COP(=O)([O-])OCC[N+](C)(C)C)C(O)C(O)CCCCCCCCCCCCCC. The first kappa shape index (κ1) is 54.5. The zero-order valence-electron chi connectivity index (χ0n) is 37.0. The maximum absolute atomic E-state index is 12.9. The van der Waals surface area contributed by atoms with Crippen molar-refractivity contribution in [3.05, 3.63) is 0 Å². The van der Waals surface area contributed by atoms with Gasteiger partial charge in [0.15, 0.2) is 0 Å². The number of likely N-dealkylation sites (N-methyl/N-ethyl adjacent to an activating group) is 1. The number of carbonyl (C=O) groups excluding carboxylic acids is 1. The van der Waals surface area contributed by atoms with Gasteiger partial charge in [0, 0.05) is 6.42 Å². The Kier molecular flexibility index (Phi) is 37.3. The van der Waals surface area contributed by atoms with Crippen LogP contribution >= 0.6 is 7.82 Å². The molecule has 330 valence electrons. The van der Waals surface area contributed by atoms with Crippen molar-refractivity contribution >= 4 is 13.7 Å². The molecular weight excluding hydrogens is 711 g/mol. The normalized spacial score (nSPS) is 14.8. The number of amides is 1. The molecule has 0 aliphatic carbocycles. The first-order valence-corrected chi connectivity index (χ1v) is 24.9. The Hall–Kier alpha value is -0.540. The lowest BCUT2D eigenvalue weighted by Crippen LogP contribution is -2.51. The summed E-state index contributed by atoms with van der Waals surface area (Å²) in [5.74, 6) is -0.274. The Morgan fingerprint density at radius 3 is 1.29 bits per heavy atom. The van der Waals surface area contributed by atoms with E-state index in [4.69, 9.17) is 9.05 Å². The number of unbranched alkanes of at least 4 members (excludes halogenated alkanes) is 29. The standard InChI is InChI=1S/C45H93N2O7P/c1-6-8-10-12-14-16-18-20-21-22-23-24-25-26-28-30-32-34-36-38-44(49)46-42(41-54-55(51,52)53-40-39-47(3,4)5)45(50)43(48)37-35-33-31-29-27-19-17-15-13-11-9-7-2/h42-43,45,48,50H,6-41H2,1-5H3,(H-,46,49,51,52). The minimum absolute atomic E-state index is 0.0369. The lowest BCUT2D eigenvalue weighted by atomic mass is 9.99. The molecule has 55 heavy (non-hydrogen) atoms. The number of phosphoric ester groups is 1. The molecule has 9 nitrogen and oxygen atoms in total. The van der Waals surface area contributed by atoms with Crippen molar-refractivity contribution < 1.29 is 38.0 Å². The summed E-state index contributed by atoms with van der Waals surface area (Å²) in [6.07, 6.45) is 37.1. The Morgan fingerprint density at radius 2 is 0.927 bits per heavy atom. The van der Waals surface area contributed by atoms with Crippen LogP contribution in [0.25, 0.3) is 0 Å². The van der Waals surface area contributed by atoms with Gasteiger partial charge < -0.3 is 34.0 Å². The highest BCUT2D eigenvalue weighted by Gasteiger charge is 2.29. The number of carbonyl (C=O) groups is 1. The lowest BCUT2D eigenvalue weighted by Gasteiger charge is -2.31. The molecule has 0 heterocycles. The third kappa shape index (κ3) is 38.7. The van der Waals surface area contributed by atoms with Gasteiger partial charge in [-0.15, -0.1) is 0 Å². The summed E-state index contributed by atoms with van der Waals surface area (Å²) in [6, 6.07) is -1.07. The van der Waals surface area contributed by atoms with Crippen molar-refractivity contribution in [2.45, 2.75) is 244 Å². The maximum atomic E-state index is 12.9. The number of rotatable bonds is 43. The van der Waals surface area contributed by atoms with Crippen LogP contribution in [-0.4, -0.2) is 79.8 Å². The van der Waals surface area contributed by atoms with Crippen LogP contribution in [-0.2, 0) is 18.4 Å². The van der Waals surface area contributed by atoms with Crippen molar-refractivity contribution in [1.82, 2.24) is 5.32 Å². The average Bonchev–Trinajstić information content (AvgIpc) is 3.13. The van der Waals surface area contributed by atoms with Crippen molar-refractivity contribution in [2.24, 2.45) is 0 Å². The first-order valence-electron chi connectivity index (χ1n) is 23.5. The summed E-state index contributed by atoms with van der Waals surface area (Å²) in [6.45, 7) is 4.46. The number of hydrogen-bond acceptors (Lipinski definition) is 7. The minimum Gasteiger partial charge on any atom is -0.756 e. The predicted octanol–water partition coefficient (Wildman–Crippen LogP) is 11.3. The van der Waals surface area contributed by atoms with E-state index in [1.807, 2.05) is 21.1 Å². The highest BCUT2D eigenvalue weighted by Crippen LogP contribution is 2.38. The Balaban J connectivity index is 4.38. The molecule has 0 spiro atoms. The quantitative estimate of drug-likeness (QED) is 0.0318. The average molecular weight is 805 g/mol. The van der Waals surface area contributed by atoms with E-state index in [1.165, 1.54) is 161 Å². The number of nitrogens with zero attached hydrogens (tertiary/aromatic N) is 1. The second-order valence-electron chi connectivity index (χ2n) is 17.6. The number of nitrogens with one attached hydrogen (secondary N) is 1. The molecule has 10 heteroatoms. The molecule has 3 N–H and O–H groups in total. The molecule has 4 atom stereocenters. The number of aliphatic hydroxyl groups is 2. The molecule has 0 saturated heterocycles. The molecule has 0 rings (SSSR count). The number of quaternary nitrogens is 1. The molecule has 0 saturated carbocycles. The molecular formula is C45H93N2O7P. The van der Waals surface area contributed by atoms with E-state index in [2.05, 4.69) is 19.2 Å². The summed E-state index contributed by atoms with van der Waals surface area (Å²) in [5, 5.41) is 24.6. The van der Waals surface area contributed by atoms with Gasteiger partial charge in [-0.25, -0.2) is 0 Å². The monoisotopic (exact) mass is 805 g/mol. The summed E-state index contributed by atoms with van der Waals surface area (Å²) < 4.78 is 23.2. The smallest absolute Gasteiger partial charge is 0.268 e. The van der Waals surface area contributed by atoms with E-state index in [1.54, 1.807) is 0 Å². The molecule has 0 bridgehead atoms. The predicted molar refractivity (Wildman–Crippen MR) is 230 cm³/mol. The Morgan fingerprint density at radius 1 is 0.582 bits per heavy atom. The van der Waals surface area contributed by atoms with Gasteiger partial charge in [0.05, 0.1) is 39.9 Å². The zero-order chi connectivity index (χ0) is 40.9. The second-order valence-corrected chi connectivity index (χ2v) is 19.0. The molecule has 1 amide bonds. The van der Waals surface area contributed by atoms with Gasteiger partial charge in [0.2, 0.25) is 5.91 Å². The summed E-state index contributed by atoms with van der Waals surface area (Å²) >= 11 is 0. The molecule has 4 unspecified atom stereocenters. The van der Waals surface area contributed by atoms with Crippen LogP contribution in [0.5, 0.6) is 0 Å². The molecule has 0 fully saturated rings. The van der Waals surface area contributed by atoms with Crippen LogP contribution in [0.3, 0.4) is 0 Å². The van der Waals surface area contributed by atoms with E-state index in [0.717, 1.165) is 38.5 Å². The van der Waals surface area contributed by atoms with Crippen molar-refractivity contribution in [1.29, 1.82) is 0 Å². The third-order valence-corrected chi connectivity index (χ3v) is 11.9. The van der Waals surface area contributed by atoms with Crippen molar-refractivity contribution in [3.63, 3.8) is 0 Å². The van der Waals surface area contributed by atoms with Gasteiger partial charge in [-0.2, -0.15) is 0 Å². The van der Waals surface area contributed by atoms with E-state index in [9.17, 15) is 24.5 Å². The Labute approximate surface area is 341 Å². The van der Waals surface area contributed by atoms with Crippen LogP contribution in [0.2, 0.25) is 0 Å². The topological polar surface area (TPSA) is 128 Å². The van der Waals surface area contributed by atoms with Crippen LogP contribution in [0.1, 0.15) is 226 Å². The summed E-state index contributed by atoms with van der Waals surface area (Å²) in [4.78, 5) is 25.4. The van der Waals surface area contributed by atoms with E-state index in [0.29, 0.717) is 17.4 Å². The van der Waals surface area contributed by atoms with Gasteiger partial charge in [0.25, 0.3) is 7.82 Å². The fourth-order valence-corrected chi connectivity index (χ4v) is 7.86. The molecule has 0 aromatic carbocycles. The molecule has 0 aliphatic rings. The molecule has 0 aromatic rings. The van der Waals surface area contributed by atoms with Gasteiger partial charge >= 0.3 is 0 Å². The molecule has 0 radical (unpaired) electrons. The molecule has 0 aliphatic heterocycles. The summed E-state index contributed by atoms with van der Waals surface area (Å²) in [5.41, 5.74) is 0. The number of hydrogen-bond donors (Lipinski definition) is 3. The van der Waals surface area contributed by atoms with E-state index >= 15 is 0 Å². The van der Waals surface area contributed by atoms with Crippen LogP contribution in [0, 0.1) is 0 Å². The second kappa shape index (κ2) is 37.7. The fraction of sp³-hybridized carbons (Fsp3) is 0.978. The molecule has 0 aromatic heterocycles. The van der Waals surface area contributed by atoms with Crippen LogP contribution in [0.4, 0.5) is 0 Å². The fourth-order valence-electron chi connectivity index (χ4n) is 7.14. The van der Waals surface area contributed by atoms with Gasteiger partial charge in [-0.05, 0) is 12.8 Å². The van der Waals surface area contributed by atoms with E-state index < -0.39 is 32.7 Å². The minimum atomic E-state index is -4.66. The van der Waals surface area contributed by atoms with Crippen LogP contribution in [0.15, 0.2) is 0 Å². The Bertz CT molecular complexity index is 888. The number of phosphoric acid groups is 1. The maximum Gasteiger partial charge on any atom is 0.268 e. The van der Waals surface area contributed by atoms with Crippen molar-refractivity contribution in [2.75, 3.05) is 40.9 Å². The van der Waals surface area contributed by atoms with Gasteiger partial charge in [0.1, 0.15) is 19.3 Å². The first-order chi connectivity index (χ1) is 26.4. The third-order valence-electron chi connectivity index (χ3n) is 10.9. The largest absolute Gasteiger partial charge is 0.756 e. The zero-order valence-corrected chi connectivity index (χ0v) is 37.9. The van der Waals surface area contributed by atoms with Gasteiger partial charge in [-0.3, -0.25) is 9.36 Å². The summed E-state index contributed by atoms with van der Waals surface area (Å²) in [7, 11) is 1.14.